The van der Waals surface area contributed by atoms with E-state index in [4.69, 9.17) is 10.5 Å². The smallest absolute Gasteiger partial charge is 0.404 e. The van der Waals surface area contributed by atoms with Crippen molar-refractivity contribution in [2.24, 2.45) is 5.73 Å². The summed E-state index contributed by atoms with van der Waals surface area (Å²) in [6, 6.07) is 3.51. The molecule has 0 unspecified atom stereocenters. The van der Waals surface area contributed by atoms with Gasteiger partial charge in [0.2, 0.25) is 0 Å². The van der Waals surface area contributed by atoms with Crippen LogP contribution in [0.1, 0.15) is 21.5 Å². The molecule has 0 fully saturated rings. The van der Waals surface area contributed by atoms with Gasteiger partial charge in [-0.25, -0.2) is 4.79 Å². The van der Waals surface area contributed by atoms with Crippen LogP contribution in [0, 0.1) is 6.92 Å². The van der Waals surface area contributed by atoms with E-state index in [1.807, 2.05) is 13.0 Å². The summed E-state index contributed by atoms with van der Waals surface area (Å²) in [5.74, 6) is 0.603. The second kappa shape index (κ2) is 5.89. The minimum Gasteiger partial charge on any atom is -0.496 e. The van der Waals surface area contributed by atoms with Gasteiger partial charge in [-0.05, 0) is 24.1 Å². The molecule has 1 aromatic rings. The molecular formula is C12H15NO4. The molecule has 5 heteroatoms. The molecule has 2 N–H and O–H groups in total. The molecular weight excluding hydrogens is 222 g/mol. The molecule has 1 amide bonds. The Balaban J connectivity index is 2.86. The maximum Gasteiger partial charge on any atom is 0.404 e. The molecule has 5 nitrogen and oxygen atoms in total. The van der Waals surface area contributed by atoms with Crippen molar-refractivity contribution in [3.05, 3.63) is 28.8 Å². The molecule has 92 valence electrons. The zero-order valence-corrected chi connectivity index (χ0v) is 9.86. The van der Waals surface area contributed by atoms with Crippen LogP contribution in [-0.4, -0.2) is 26.1 Å². The molecule has 0 atom stereocenters. The summed E-state index contributed by atoms with van der Waals surface area (Å²) < 4.78 is 9.83. The van der Waals surface area contributed by atoms with Crippen LogP contribution in [0.5, 0.6) is 5.75 Å². The first kappa shape index (κ1) is 13.0. The maximum absolute atomic E-state index is 10.8. The monoisotopic (exact) mass is 237 g/mol. The highest BCUT2D eigenvalue weighted by molar-refractivity contribution is 5.78. The van der Waals surface area contributed by atoms with E-state index >= 15 is 0 Å². The van der Waals surface area contributed by atoms with Crippen molar-refractivity contribution in [2.75, 3.05) is 13.7 Å². The predicted molar refractivity (Wildman–Crippen MR) is 62.4 cm³/mol. The van der Waals surface area contributed by atoms with Gasteiger partial charge < -0.3 is 15.2 Å². The Morgan fingerprint density at radius 2 is 2.18 bits per heavy atom. The molecule has 0 aliphatic heterocycles. The van der Waals surface area contributed by atoms with Gasteiger partial charge in [-0.15, -0.1) is 0 Å². The summed E-state index contributed by atoms with van der Waals surface area (Å²) in [7, 11) is 1.53. The maximum atomic E-state index is 10.8. The minimum atomic E-state index is -0.801. The van der Waals surface area contributed by atoms with Crippen LogP contribution in [0.25, 0.3) is 0 Å². The van der Waals surface area contributed by atoms with Gasteiger partial charge in [-0.3, -0.25) is 4.79 Å². The molecule has 0 aromatic heterocycles. The molecule has 0 spiro atoms. The van der Waals surface area contributed by atoms with Crippen LogP contribution >= 0.6 is 0 Å². The van der Waals surface area contributed by atoms with Crippen molar-refractivity contribution in [3.63, 3.8) is 0 Å². The van der Waals surface area contributed by atoms with E-state index in [-0.39, 0.29) is 6.61 Å². The summed E-state index contributed by atoms with van der Waals surface area (Å²) >= 11 is 0. The van der Waals surface area contributed by atoms with Gasteiger partial charge in [-0.2, -0.15) is 0 Å². The molecule has 0 aliphatic carbocycles. The third-order valence-electron chi connectivity index (χ3n) is 2.41. The molecule has 0 saturated carbocycles. The van der Waals surface area contributed by atoms with Crippen molar-refractivity contribution in [3.8, 4) is 5.75 Å². The number of methoxy groups -OCH3 is 1. The van der Waals surface area contributed by atoms with Crippen LogP contribution in [0.15, 0.2) is 12.1 Å². The minimum absolute atomic E-state index is 0.186. The van der Waals surface area contributed by atoms with Crippen LogP contribution in [0.4, 0.5) is 4.79 Å². The number of benzene rings is 1. The summed E-state index contributed by atoms with van der Waals surface area (Å²) in [6.45, 7) is 2.02. The van der Waals surface area contributed by atoms with Crippen molar-refractivity contribution in [2.45, 2.75) is 13.3 Å². The number of primary amides is 1. The van der Waals surface area contributed by atoms with Gasteiger partial charge in [-0.1, -0.05) is 6.07 Å². The van der Waals surface area contributed by atoms with Crippen LogP contribution in [0.3, 0.4) is 0 Å². The van der Waals surface area contributed by atoms with Crippen molar-refractivity contribution >= 4 is 12.4 Å². The molecule has 1 rings (SSSR count). The second-order valence-corrected chi connectivity index (χ2v) is 3.56. The van der Waals surface area contributed by atoms with E-state index in [1.165, 1.54) is 7.11 Å². The van der Waals surface area contributed by atoms with Crippen molar-refractivity contribution in [1.29, 1.82) is 0 Å². The molecule has 0 saturated heterocycles. The lowest BCUT2D eigenvalue weighted by molar-refractivity contribution is 0.112. The molecule has 0 aliphatic rings. The highest BCUT2D eigenvalue weighted by atomic mass is 16.5. The number of ether oxygens (including phenoxy) is 2. The third kappa shape index (κ3) is 3.48. The standard InChI is InChI=1S/C12H15NO4/c1-8-5-9(3-4-17-12(13)15)11(16-2)6-10(8)7-14/h5-7H,3-4H2,1-2H3,(H2,13,15). The third-order valence-corrected chi connectivity index (χ3v) is 2.41. The Bertz CT molecular complexity index is 429. The Kier molecular flexibility index (Phi) is 4.51. The van der Waals surface area contributed by atoms with E-state index < -0.39 is 6.09 Å². The number of rotatable bonds is 5. The lowest BCUT2D eigenvalue weighted by atomic mass is 10.0. The first-order chi connectivity index (χ1) is 8.08. The Hall–Kier alpha value is -2.04. The van der Waals surface area contributed by atoms with Gasteiger partial charge >= 0.3 is 6.09 Å². The average Bonchev–Trinajstić information content (AvgIpc) is 2.29. The Labute approximate surface area is 99.5 Å². The van der Waals surface area contributed by atoms with E-state index in [0.29, 0.717) is 17.7 Å². The Morgan fingerprint density at radius 3 is 2.71 bits per heavy atom. The summed E-state index contributed by atoms with van der Waals surface area (Å²) in [5.41, 5.74) is 7.18. The number of carbonyl (C=O) groups excluding carboxylic acids is 2. The number of aryl methyl sites for hydroxylation is 1. The van der Waals surface area contributed by atoms with Crippen molar-refractivity contribution in [1.82, 2.24) is 0 Å². The largest absolute Gasteiger partial charge is 0.496 e. The predicted octanol–water partition coefficient (Wildman–Crippen LogP) is 1.45. The van der Waals surface area contributed by atoms with Gasteiger partial charge in [0, 0.05) is 12.0 Å². The topological polar surface area (TPSA) is 78.6 Å². The first-order valence-electron chi connectivity index (χ1n) is 5.13. The van der Waals surface area contributed by atoms with Gasteiger partial charge in [0.25, 0.3) is 0 Å². The van der Waals surface area contributed by atoms with Crippen LogP contribution < -0.4 is 10.5 Å². The first-order valence-corrected chi connectivity index (χ1v) is 5.13. The number of nitrogens with two attached hydrogens (primary N) is 1. The zero-order chi connectivity index (χ0) is 12.8. The molecule has 0 bridgehead atoms. The number of amides is 1. The van der Waals surface area contributed by atoms with Gasteiger partial charge in [0.1, 0.15) is 12.0 Å². The quantitative estimate of drug-likeness (QED) is 0.786. The molecule has 0 heterocycles. The fraction of sp³-hybridized carbons (Fsp3) is 0.333. The Morgan fingerprint density at radius 1 is 1.47 bits per heavy atom. The van der Waals surface area contributed by atoms with Crippen molar-refractivity contribution < 1.29 is 19.1 Å². The SMILES string of the molecule is COc1cc(C=O)c(C)cc1CCOC(N)=O. The van der Waals surface area contributed by atoms with Gasteiger partial charge in [0.15, 0.2) is 0 Å². The van der Waals surface area contributed by atoms with Crippen LogP contribution in [-0.2, 0) is 11.2 Å². The van der Waals surface area contributed by atoms with Crippen LogP contribution in [0.2, 0.25) is 0 Å². The van der Waals surface area contributed by atoms with E-state index in [0.717, 1.165) is 17.4 Å². The highest BCUT2D eigenvalue weighted by Crippen LogP contribution is 2.23. The molecule has 0 radical (unpaired) electrons. The fourth-order valence-electron chi connectivity index (χ4n) is 1.54. The normalized spacial score (nSPS) is 9.76. The lowest BCUT2D eigenvalue weighted by Crippen LogP contribution is -2.15. The highest BCUT2D eigenvalue weighted by Gasteiger charge is 2.08. The second-order valence-electron chi connectivity index (χ2n) is 3.56. The number of carbonyl (C=O) groups is 2. The molecule has 1 aromatic carbocycles. The number of aldehydes is 1. The average molecular weight is 237 g/mol. The van der Waals surface area contributed by atoms with E-state index in [1.54, 1.807) is 6.07 Å². The number of hydrogen-bond acceptors (Lipinski definition) is 4. The lowest BCUT2D eigenvalue weighted by Gasteiger charge is -2.11. The van der Waals surface area contributed by atoms with E-state index in [2.05, 4.69) is 4.74 Å². The fourth-order valence-corrected chi connectivity index (χ4v) is 1.54. The van der Waals surface area contributed by atoms with Gasteiger partial charge in [0.05, 0.1) is 13.7 Å². The molecule has 17 heavy (non-hydrogen) atoms. The number of hydrogen-bond donors (Lipinski definition) is 1. The summed E-state index contributed by atoms with van der Waals surface area (Å²) in [5, 5.41) is 0. The summed E-state index contributed by atoms with van der Waals surface area (Å²) in [4.78, 5) is 21.2. The van der Waals surface area contributed by atoms with E-state index in [9.17, 15) is 9.59 Å². The summed E-state index contributed by atoms with van der Waals surface area (Å²) in [6.07, 6.45) is 0.471. The zero-order valence-electron chi connectivity index (χ0n) is 9.86.